The molecule has 0 spiro atoms. The Labute approximate surface area is 172 Å². The maximum Gasteiger partial charge on any atom is 0.235 e. The third-order valence-electron chi connectivity index (χ3n) is 5.83. The van der Waals surface area contributed by atoms with Crippen LogP contribution in [0.1, 0.15) is 35.6 Å². The molecule has 1 aromatic heterocycles. The Bertz CT molecular complexity index is 846. The summed E-state index contributed by atoms with van der Waals surface area (Å²) in [6, 6.07) is 24.3. The number of carbonyl (C=O) groups excluding carboxylic acids is 1. The van der Waals surface area contributed by atoms with Crippen LogP contribution in [0.4, 0.5) is 0 Å². The van der Waals surface area contributed by atoms with Gasteiger partial charge >= 0.3 is 0 Å². The number of likely N-dealkylation sites (tertiary alicyclic amines) is 1. The van der Waals surface area contributed by atoms with Crippen molar-refractivity contribution in [3.05, 3.63) is 95.9 Å². The SMILES string of the molecule is CN1CCC(N(Cc2ccco2)C(=O)C(c2ccccc2)c2ccccc2)CC1. The molecule has 1 saturated heterocycles. The summed E-state index contributed by atoms with van der Waals surface area (Å²) in [5.74, 6) is 0.664. The van der Waals surface area contributed by atoms with Crippen LogP contribution >= 0.6 is 0 Å². The van der Waals surface area contributed by atoms with Crippen molar-refractivity contribution in [1.82, 2.24) is 9.80 Å². The molecule has 3 aromatic rings. The van der Waals surface area contributed by atoms with Crippen molar-refractivity contribution in [2.45, 2.75) is 31.3 Å². The van der Waals surface area contributed by atoms with Gasteiger partial charge < -0.3 is 14.2 Å². The van der Waals surface area contributed by atoms with Crippen molar-refractivity contribution >= 4 is 5.91 Å². The maximum atomic E-state index is 14.0. The van der Waals surface area contributed by atoms with E-state index in [1.807, 2.05) is 48.5 Å². The van der Waals surface area contributed by atoms with Gasteiger partial charge in [0, 0.05) is 6.04 Å². The summed E-state index contributed by atoms with van der Waals surface area (Å²) in [5.41, 5.74) is 2.06. The number of nitrogens with zero attached hydrogens (tertiary/aromatic N) is 2. The second-order valence-corrected chi connectivity index (χ2v) is 7.83. The number of hydrogen-bond acceptors (Lipinski definition) is 3. The Balaban J connectivity index is 1.69. The molecule has 0 bridgehead atoms. The lowest BCUT2D eigenvalue weighted by molar-refractivity contribution is -0.136. The molecule has 1 aliphatic rings. The van der Waals surface area contributed by atoms with Crippen LogP contribution in [-0.2, 0) is 11.3 Å². The topological polar surface area (TPSA) is 36.7 Å². The third-order valence-corrected chi connectivity index (χ3v) is 5.83. The molecule has 2 heterocycles. The highest BCUT2D eigenvalue weighted by Gasteiger charge is 2.33. The molecule has 4 rings (SSSR count). The molecule has 1 amide bonds. The van der Waals surface area contributed by atoms with Gasteiger partial charge in [0.15, 0.2) is 0 Å². The number of rotatable bonds is 6. The van der Waals surface area contributed by atoms with Gasteiger partial charge in [-0.3, -0.25) is 4.79 Å². The first kappa shape index (κ1) is 19.5. The van der Waals surface area contributed by atoms with Crippen LogP contribution in [0.5, 0.6) is 0 Å². The van der Waals surface area contributed by atoms with E-state index in [0.717, 1.165) is 42.8 Å². The largest absolute Gasteiger partial charge is 0.467 e. The summed E-state index contributed by atoms with van der Waals surface area (Å²) in [6.07, 6.45) is 3.65. The molecule has 4 nitrogen and oxygen atoms in total. The van der Waals surface area contributed by atoms with Crippen molar-refractivity contribution in [3.8, 4) is 0 Å². The van der Waals surface area contributed by atoms with Crippen molar-refractivity contribution < 1.29 is 9.21 Å². The van der Waals surface area contributed by atoms with Crippen molar-refractivity contribution in [2.75, 3.05) is 20.1 Å². The normalized spacial score (nSPS) is 15.5. The van der Waals surface area contributed by atoms with Crippen LogP contribution in [0.15, 0.2) is 83.5 Å². The van der Waals surface area contributed by atoms with Gasteiger partial charge in [0.05, 0.1) is 18.7 Å². The Kier molecular flexibility index (Phi) is 6.11. The van der Waals surface area contributed by atoms with Crippen LogP contribution in [0.2, 0.25) is 0 Å². The lowest BCUT2D eigenvalue weighted by Crippen LogP contribution is -2.47. The molecular weight excluding hydrogens is 360 g/mol. The lowest BCUT2D eigenvalue weighted by Gasteiger charge is -2.38. The Morgan fingerprint density at radius 3 is 2.07 bits per heavy atom. The molecule has 1 aliphatic heterocycles. The molecule has 0 radical (unpaired) electrons. The van der Waals surface area contributed by atoms with E-state index in [4.69, 9.17) is 4.42 Å². The van der Waals surface area contributed by atoms with Crippen LogP contribution in [0, 0.1) is 0 Å². The quantitative estimate of drug-likeness (QED) is 0.622. The average molecular weight is 389 g/mol. The maximum absolute atomic E-state index is 14.0. The van der Waals surface area contributed by atoms with E-state index in [-0.39, 0.29) is 17.9 Å². The second-order valence-electron chi connectivity index (χ2n) is 7.83. The smallest absolute Gasteiger partial charge is 0.235 e. The molecule has 150 valence electrons. The van der Waals surface area contributed by atoms with Gasteiger partial charge in [-0.2, -0.15) is 0 Å². The zero-order valence-corrected chi connectivity index (χ0v) is 16.9. The molecule has 0 unspecified atom stereocenters. The molecule has 0 aliphatic carbocycles. The van der Waals surface area contributed by atoms with E-state index in [2.05, 4.69) is 41.1 Å². The van der Waals surface area contributed by atoms with Crippen molar-refractivity contribution in [2.24, 2.45) is 0 Å². The molecule has 2 aromatic carbocycles. The monoisotopic (exact) mass is 388 g/mol. The van der Waals surface area contributed by atoms with Gasteiger partial charge in [0.25, 0.3) is 0 Å². The highest BCUT2D eigenvalue weighted by atomic mass is 16.3. The highest BCUT2D eigenvalue weighted by Crippen LogP contribution is 2.30. The van der Waals surface area contributed by atoms with Gasteiger partial charge in [-0.15, -0.1) is 0 Å². The number of carbonyl (C=O) groups is 1. The Morgan fingerprint density at radius 2 is 1.55 bits per heavy atom. The summed E-state index contributed by atoms with van der Waals surface area (Å²) in [7, 11) is 2.14. The summed E-state index contributed by atoms with van der Waals surface area (Å²) >= 11 is 0. The van der Waals surface area contributed by atoms with Crippen LogP contribution in [0.3, 0.4) is 0 Å². The van der Waals surface area contributed by atoms with Crippen LogP contribution in [-0.4, -0.2) is 41.9 Å². The number of piperidine rings is 1. The first-order valence-electron chi connectivity index (χ1n) is 10.3. The highest BCUT2D eigenvalue weighted by molar-refractivity contribution is 5.87. The van der Waals surface area contributed by atoms with Gasteiger partial charge in [0.2, 0.25) is 5.91 Å². The summed E-state index contributed by atoms with van der Waals surface area (Å²) in [6.45, 7) is 2.53. The zero-order chi connectivity index (χ0) is 20.1. The number of benzene rings is 2. The van der Waals surface area contributed by atoms with E-state index >= 15 is 0 Å². The zero-order valence-electron chi connectivity index (χ0n) is 16.9. The van der Waals surface area contributed by atoms with Gasteiger partial charge in [0.1, 0.15) is 5.76 Å². The summed E-state index contributed by atoms with van der Waals surface area (Å²) in [4.78, 5) is 18.4. The summed E-state index contributed by atoms with van der Waals surface area (Å²) in [5, 5.41) is 0. The van der Waals surface area contributed by atoms with E-state index in [0.29, 0.717) is 6.54 Å². The minimum atomic E-state index is -0.313. The fourth-order valence-corrected chi connectivity index (χ4v) is 4.20. The fourth-order valence-electron chi connectivity index (χ4n) is 4.20. The van der Waals surface area contributed by atoms with Gasteiger partial charge in [-0.1, -0.05) is 60.7 Å². The summed E-state index contributed by atoms with van der Waals surface area (Å²) < 4.78 is 5.61. The Morgan fingerprint density at radius 1 is 0.966 bits per heavy atom. The molecule has 29 heavy (non-hydrogen) atoms. The number of hydrogen-bond donors (Lipinski definition) is 0. The first-order valence-corrected chi connectivity index (χ1v) is 10.3. The van der Waals surface area contributed by atoms with E-state index in [1.165, 1.54) is 0 Å². The molecular formula is C25H28N2O2. The lowest BCUT2D eigenvalue weighted by atomic mass is 9.89. The minimum absolute atomic E-state index is 0.147. The van der Waals surface area contributed by atoms with E-state index < -0.39 is 0 Å². The van der Waals surface area contributed by atoms with E-state index in [1.54, 1.807) is 6.26 Å². The number of furan rings is 1. The van der Waals surface area contributed by atoms with Gasteiger partial charge in [-0.05, 0) is 56.2 Å². The minimum Gasteiger partial charge on any atom is -0.467 e. The molecule has 1 fully saturated rings. The second kappa shape index (κ2) is 9.10. The number of amides is 1. The van der Waals surface area contributed by atoms with Crippen LogP contribution in [0.25, 0.3) is 0 Å². The predicted molar refractivity (Wildman–Crippen MR) is 115 cm³/mol. The molecule has 0 saturated carbocycles. The average Bonchev–Trinajstić information content (AvgIpc) is 3.28. The Hall–Kier alpha value is -2.85. The van der Waals surface area contributed by atoms with Crippen molar-refractivity contribution in [1.29, 1.82) is 0 Å². The van der Waals surface area contributed by atoms with E-state index in [9.17, 15) is 4.79 Å². The third kappa shape index (κ3) is 4.60. The fraction of sp³-hybridized carbons (Fsp3) is 0.320. The predicted octanol–water partition coefficient (Wildman–Crippen LogP) is 4.53. The standard InChI is InChI=1S/C25H28N2O2/c1-26-16-14-22(15-17-26)27(19-23-13-8-18-29-23)25(28)24(20-9-4-2-5-10-20)21-11-6-3-7-12-21/h2-13,18,22,24H,14-17,19H2,1H3. The molecule has 4 heteroatoms. The van der Waals surface area contributed by atoms with Crippen molar-refractivity contribution in [3.63, 3.8) is 0 Å². The molecule has 0 atom stereocenters. The van der Waals surface area contributed by atoms with Gasteiger partial charge in [-0.25, -0.2) is 0 Å². The first-order chi connectivity index (χ1) is 14.2. The van der Waals surface area contributed by atoms with Crippen LogP contribution < -0.4 is 0 Å². The molecule has 0 N–H and O–H groups in total.